The van der Waals surface area contributed by atoms with Crippen LogP contribution in [0.3, 0.4) is 0 Å². The zero-order chi connectivity index (χ0) is 14.8. The first-order chi connectivity index (χ1) is 10.1. The minimum absolute atomic E-state index is 0.162. The summed E-state index contributed by atoms with van der Waals surface area (Å²) >= 11 is 0. The van der Waals surface area contributed by atoms with Crippen molar-refractivity contribution in [3.63, 3.8) is 0 Å². The average molecular weight is 297 g/mol. The van der Waals surface area contributed by atoms with Crippen LogP contribution in [-0.2, 0) is 4.74 Å². The summed E-state index contributed by atoms with van der Waals surface area (Å²) in [6.45, 7) is 1.77. The Kier molecular flexibility index (Phi) is 4.52. The lowest BCUT2D eigenvalue weighted by molar-refractivity contribution is -0.0976. The van der Waals surface area contributed by atoms with Crippen molar-refractivity contribution in [3.05, 3.63) is 35.4 Å². The van der Waals surface area contributed by atoms with Gasteiger partial charge in [-0.15, -0.1) is 0 Å². The number of nitrogens with zero attached hydrogens (tertiary/aromatic N) is 1. The fourth-order valence-corrected chi connectivity index (χ4v) is 3.50. The highest BCUT2D eigenvalue weighted by Crippen LogP contribution is 2.30. The average Bonchev–Trinajstić information content (AvgIpc) is 2.47. The van der Waals surface area contributed by atoms with Gasteiger partial charge in [0, 0.05) is 30.8 Å². The topological polar surface area (TPSA) is 32.7 Å². The van der Waals surface area contributed by atoms with E-state index in [4.69, 9.17) is 4.74 Å². The first-order valence-electron chi connectivity index (χ1n) is 7.64. The number of aliphatic hydroxyl groups is 1. The fourth-order valence-electron chi connectivity index (χ4n) is 3.50. The molecule has 2 fully saturated rings. The molecule has 1 heterocycles. The number of fused-ring (bicyclic) bond motifs is 1. The largest absolute Gasteiger partial charge is 0.387 e. The van der Waals surface area contributed by atoms with Gasteiger partial charge >= 0.3 is 0 Å². The van der Waals surface area contributed by atoms with Crippen LogP contribution >= 0.6 is 0 Å². The number of β-amino-alcohol motifs (C(OH)–C–C–N with tert-alkyl or cyclic N) is 1. The summed E-state index contributed by atoms with van der Waals surface area (Å²) in [6, 6.07) is 3.64. The van der Waals surface area contributed by atoms with Gasteiger partial charge in [0.05, 0.1) is 18.8 Å². The molecule has 1 aromatic carbocycles. The standard InChI is InChI=1S/C16H21F2NO2/c17-11-5-6-12(13(18)9-11)15(20)10-19-7-8-21-16-4-2-1-3-14(16)19/h5-6,9,14-16,20H,1-4,7-8,10H2/t14-,15-,16-/m1/s1. The number of aliphatic hydroxyl groups excluding tert-OH is 1. The summed E-state index contributed by atoms with van der Waals surface area (Å²) in [5.41, 5.74) is 0.162. The summed E-state index contributed by atoms with van der Waals surface area (Å²) in [6.07, 6.45) is 3.77. The molecule has 0 unspecified atom stereocenters. The van der Waals surface area contributed by atoms with Crippen LogP contribution in [0.25, 0.3) is 0 Å². The van der Waals surface area contributed by atoms with Gasteiger partial charge in [-0.25, -0.2) is 8.78 Å². The van der Waals surface area contributed by atoms with Gasteiger partial charge in [0.2, 0.25) is 0 Å². The molecular formula is C16H21F2NO2. The molecular weight excluding hydrogens is 276 g/mol. The minimum Gasteiger partial charge on any atom is -0.387 e. The van der Waals surface area contributed by atoms with E-state index in [0.717, 1.165) is 25.5 Å². The van der Waals surface area contributed by atoms with Crippen molar-refractivity contribution in [2.75, 3.05) is 19.7 Å². The van der Waals surface area contributed by atoms with Gasteiger partial charge in [-0.05, 0) is 18.9 Å². The summed E-state index contributed by atoms with van der Waals surface area (Å²) in [4.78, 5) is 2.20. The molecule has 116 valence electrons. The van der Waals surface area contributed by atoms with Crippen LogP contribution < -0.4 is 0 Å². The number of rotatable bonds is 3. The monoisotopic (exact) mass is 297 g/mol. The highest BCUT2D eigenvalue weighted by molar-refractivity contribution is 5.21. The van der Waals surface area contributed by atoms with E-state index in [0.29, 0.717) is 19.2 Å². The van der Waals surface area contributed by atoms with E-state index in [1.54, 1.807) is 0 Å². The minimum atomic E-state index is -0.939. The maximum absolute atomic E-state index is 13.7. The zero-order valence-electron chi connectivity index (χ0n) is 12.0. The molecule has 0 amide bonds. The molecule has 1 aromatic rings. The second-order valence-corrected chi connectivity index (χ2v) is 5.94. The zero-order valence-corrected chi connectivity index (χ0v) is 12.0. The molecule has 0 bridgehead atoms. The summed E-state index contributed by atoms with van der Waals surface area (Å²) < 4.78 is 32.5. The predicted molar refractivity (Wildman–Crippen MR) is 74.9 cm³/mol. The lowest BCUT2D eigenvalue weighted by Crippen LogP contribution is -2.53. The summed E-state index contributed by atoms with van der Waals surface area (Å²) in [7, 11) is 0. The maximum atomic E-state index is 13.7. The molecule has 0 radical (unpaired) electrons. The molecule has 2 aliphatic rings. The molecule has 1 saturated heterocycles. The van der Waals surface area contributed by atoms with E-state index < -0.39 is 17.7 Å². The summed E-state index contributed by atoms with van der Waals surface area (Å²) in [5, 5.41) is 10.3. The van der Waals surface area contributed by atoms with Crippen LogP contribution in [-0.4, -0.2) is 41.8 Å². The van der Waals surface area contributed by atoms with Gasteiger partial charge in [-0.3, -0.25) is 4.90 Å². The SMILES string of the molecule is O[C@H](CN1CCO[C@@H]2CCCC[C@H]21)c1ccc(F)cc1F. The normalized spacial score (nSPS) is 28.1. The van der Waals surface area contributed by atoms with Gasteiger partial charge in [-0.1, -0.05) is 18.9 Å². The Morgan fingerprint density at radius 2 is 2.10 bits per heavy atom. The molecule has 21 heavy (non-hydrogen) atoms. The number of benzene rings is 1. The van der Waals surface area contributed by atoms with Crippen LogP contribution in [0, 0.1) is 11.6 Å². The Labute approximate surface area is 123 Å². The molecule has 0 spiro atoms. The molecule has 3 nitrogen and oxygen atoms in total. The molecule has 5 heteroatoms. The molecule has 1 saturated carbocycles. The Morgan fingerprint density at radius 3 is 2.90 bits per heavy atom. The number of hydrogen-bond donors (Lipinski definition) is 1. The van der Waals surface area contributed by atoms with E-state index >= 15 is 0 Å². The second-order valence-electron chi connectivity index (χ2n) is 5.94. The molecule has 1 aliphatic heterocycles. The summed E-state index contributed by atoms with van der Waals surface area (Å²) in [5.74, 6) is -1.31. The molecule has 0 aromatic heterocycles. The highest BCUT2D eigenvalue weighted by Gasteiger charge is 2.35. The Hall–Kier alpha value is -1.04. The Morgan fingerprint density at radius 1 is 1.29 bits per heavy atom. The van der Waals surface area contributed by atoms with Crippen LogP contribution in [0.1, 0.15) is 37.4 Å². The number of morpholine rings is 1. The van der Waals surface area contributed by atoms with Crippen molar-refractivity contribution in [1.82, 2.24) is 4.90 Å². The third-order valence-corrected chi connectivity index (χ3v) is 4.58. The van der Waals surface area contributed by atoms with E-state index in [9.17, 15) is 13.9 Å². The Bertz CT molecular complexity index is 495. The number of ether oxygens (including phenoxy) is 1. The second kappa shape index (κ2) is 6.38. The maximum Gasteiger partial charge on any atom is 0.131 e. The van der Waals surface area contributed by atoms with Crippen LogP contribution in [0.4, 0.5) is 8.78 Å². The van der Waals surface area contributed by atoms with Gasteiger partial charge in [0.15, 0.2) is 0 Å². The van der Waals surface area contributed by atoms with E-state index in [1.165, 1.54) is 25.0 Å². The van der Waals surface area contributed by atoms with Crippen molar-refractivity contribution in [1.29, 1.82) is 0 Å². The van der Waals surface area contributed by atoms with Crippen molar-refractivity contribution < 1.29 is 18.6 Å². The van der Waals surface area contributed by atoms with Gasteiger partial charge in [-0.2, -0.15) is 0 Å². The number of hydrogen-bond acceptors (Lipinski definition) is 3. The quantitative estimate of drug-likeness (QED) is 0.931. The van der Waals surface area contributed by atoms with Crippen LogP contribution in [0.5, 0.6) is 0 Å². The van der Waals surface area contributed by atoms with Crippen molar-refractivity contribution in [3.8, 4) is 0 Å². The van der Waals surface area contributed by atoms with Gasteiger partial charge < -0.3 is 9.84 Å². The van der Waals surface area contributed by atoms with Gasteiger partial charge in [0.25, 0.3) is 0 Å². The van der Waals surface area contributed by atoms with Crippen molar-refractivity contribution in [2.45, 2.75) is 43.9 Å². The van der Waals surface area contributed by atoms with Crippen molar-refractivity contribution in [2.24, 2.45) is 0 Å². The third kappa shape index (κ3) is 3.25. The van der Waals surface area contributed by atoms with E-state index in [-0.39, 0.29) is 11.7 Å². The van der Waals surface area contributed by atoms with Crippen molar-refractivity contribution >= 4 is 0 Å². The first-order valence-corrected chi connectivity index (χ1v) is 7.64. The van der Waals surface area contributed by atoms with Gasteiger partial charge in [0.1, 0.15) is 11.6 Å². The molecule has 1 aliphatic carbocycles. The third-order valence-electron chi connectivity index (χ3n) is 4.58. The smallest absolute Gasteiger partial charge is 0.131 e. The fraction of sp³-hybridized carbons (Fsp3) is 0.625. The Balaban J connectivity index is 1.69. The van der Waals surface area contributed by atoms with E-state index in [2.05, 4.69) is 4.90 Å². The van der Waals surface area contributed by atoms with E-state index in [1.807, 2.05) is 0 Å². The first kappa shape index (κ1) is 14.9. The molecule has 3 atom stereocenters. The van der Waals surface area contributed by atoms with Crippen LogP contribution in [0.15, 0.2) is 18.2 Å². The molecule has 1 N–H and O–H groups in total. The van der Waals surface area contributed by atoms with Crippen LogP contribution in [0.2, 0.25) is 0 Å². The lowest BCUT2D eigenvalue weighted by Gasteiger charge is -2.44. The number of halogens is 2. The predicted octanol–water partition coefficient (Wildman–Crippen LogP) is 2.64. The lowest BCUT2D eigenvalue weighted by atomic mass is 9.89. The molecule has 3 rings (SSSR count). The highest BCUT2D eigenvalue weighted by atomic mass is 19.1.